The molecule has 0 aliphatic heterocycles. The zero-order chi connectivity index (χ0) is 10.9. The lowest BCUT2D eigenvalue weighted by Crippen LogP contribution is -2.31. The first-order chi connectivity index (χ1) is 6.34. The van der Waals surface area contributed by atoms with Crippen molar-refractivity contribution >= 4 is 8.07 Å². The zero-order valence-electron chi connectivity index (χ0n) is 10.4. The highest BCUT2D eigenvalue weighted by Crippen LogP contribution is 2.30. The first-order valence-corrected chi connectivity index (χ1v) is 8.90. The summed E-state index contributed by atoms with van der Waals surface area (Å²) < 4.78 is 0. The monoisotopic (exact) mass is 209 g/mol. The van der Waals surface area contributed by atoms with Crippen LogP contribution in [-0.4, -0.2) is 33.1 Å². The molecule has 0 aromatic rings. The van der Waals surface area contributed by atoms with Crippen LogP contribution in [0, 0.1) is 0 Å². The maximum Gasteiger partial charge on any atom is 0.0732 e. The molecule has 1 aliphatic rings. The molecule has 0 amide bonds. The Morgan fingerprint density at radius 1 is 1.29 bits per heavy atom. The predicted molar refractivity (Wildman–Crippen MR) is 67.3 cm³/mol. The lowest BCUT2D eigenvalue weighted by Gasteiger charge is -2.27. The molecule has 1 aliphatic carbocycles. The van der Waals surface area contributed by atoms with E-state index in [-0.39, 0.29) is 0 Å². The van der Waals surface area contributed by atoms with Crippen LogP contribution in [0.2, 0.25) is 19.6 Å². The predicted octanol–water partition coefficient (Wildman–Crippen LogP) is 3.07. The van der Waals surface area contributed by atoms with Crippen molar-refractivity contribution in [1.29, 1.82) is 0 Å². The lowest BCUT2D eigenvalue weighted by atomic mass is 10.1. The van der Waals surface area contributed by atoms with Crippen LogP contribution in [0.15, 0.2) is 22.9 Å². The largest absolute Gasteiger partial charge is 0.303 e. The normalized spacial score (nSPS) is 19.6. The van der Waals surface area contributed by atoms with Crippen LogP contribution in [0.4, 0.5) is 0 Å². The summed E-state index contributed by atoms with van der Waals surface area (Å²) in [5.41, 5.74) is 1.58. The van der Waals surface area contributed by atoms with E-state index >= 15 is 0 Å². The smallest absolute Gasteiger partial charge is 0.0732 e. The molecule has 0 saturated heterocycles. The highest BCUT2D eigenvalue weighted by molar-refractivity contribution is 6.83. The van der Waals surface area contributed by atoms with E-state index in [2.05, 4.69) is 57.7 Å². The summed E-state index contributed by atoms with van der Waals surface area (Å²) in [4.78, 5) is 2.30. The molecule has 0 aromatic carbocycles. The van der Waals surface area contributed by atoms with E-state index in [0.717, 1.165) is 0 Å². The van der Waals surface area contributed by atoms with E-state index in [0.29, 0.717) is 6.04 Å². The molecule has 1 rings (SSSR count). The molecule has 0 fully saturated rings. The molecule has 1 nitrogen and oxygen atoms in total. The summed E-state index contributed by atoms with van der Waals surface area (Å²) in [6.45, 7) is 9.62. The van der Waals surface area contributed by atoms with Gasteiger partial charge in [-0.2, -0.15) is 0 Å². The second-order valence-electron chi connectivity index (χ2n) is 5.43. The molecule has 0 aromatic heterocycles. The number of likely N-dealkylation sites (N-methyl/N-ethyl adjacent to an activating group) is 1. The third-order valence-corrected chi connectivity index (χ3v) is 5.40. The van der Waals surface area contributed by atoms with Crippen molar-refractivity contribution in [3.63, 3.8) is 0 Å². The summed E-state index contributed by atoms with van der Waals surface area (Å²) >= 11 is 0. The van der Waals surface area contributed by atoms with Gasteiger partial charge >= 0.3 is 0 Å². The number of rotatable bonds is 3. The highest BCUT2D eigenvalue weighted by atomic mass is 28.3. The summed E-state index contributed by atoms with van der Waals surface area (Å²) in [5, 5.41) is 1.73. The second-order valence-corrected chi connectivity index (χ2v) is 10.5. The van der Waals surface area contributed by atoms with Gasteiger partial charge in [0.2, 0.25) is 0 Å². The SMILES string of the molecule is C[C@H](C1=C([Si](C)(C)C)CC=C1)N(C)C. The Bertz CT molecular complexity index is 269. The highest BCUT2D eigenvalue weighted by Gasteiger charge is 2.26. The van der Waals surface area contributed by atoms with E-state index in [1.807, 2.05) is 0 Å². The first kappa shape index (κ1) is 11.7. The van der Waals surface area contributed by atoms with E-state index in [4.69, 9.17) is 0 Å². The van der Waals surface area contributed by atoms with Crippen LogP contribution in [0.1, 0.15) is 13.3 Å². The molecule has 80 valence electrons. The molecular weight excluding hydrogens is 186 g/mol. The standard InChI is InChI=1S/C12H23NSi/c1-10(13(2)3)11-8-7-9-12(11)14(4,5)6/h7-8,10H,9H2,1-6H3/t10-/m1/s1. The Morgan fingerprint density at radius 3 is 2.29 bits per heavy atom. The molecule has 0 N–H and O–H groups in total. The number of allylic oxidation sites excluding steroid dienone is 2. The van der Waals surface area contributed by atoms with E-state index < -0.39 is 8.07 Å². The van der Waals surface area contributed by atoms with Crippen LogP contribution >= 0.6 is 0 Å². The minimum absolute atomic E-state index is 0.565. The number of hydrogen-bond donors (Lipinski definition) is 0. The van der Waals surface area contributed by atoms with Gasteiger partial charge in [0, 0.05) is 6.04 Å². The van der Waals surface area contributed by atoms with Gasteiger partial charge < -0.3 is 4.90 Å². The van der Waals surface area contributed by atoms with Crippen molar-refractivity contribution in [2.75, 3.05) is 14.1 Å². The van der Waals surface area contributed by atoms with Crippen molar-refractivity contribution in [2.45, 2.75) is 39.0 Å². The van der Waals surface area contributed by atoms with Gasteiger partial charge in [-0.05, 0) is 33.0 Å². The van der Waals surface area contributed by atoms with E-state index in [1.165, 1.54) is 6.42 Å². The fourth-order valence-electron chi connectivity index (χ4n) is 1.93. The first-order valence-electron chi connectivity index (χ1n) is 5.40. The molecule has 0 unspecified atom stereocenters. The summed E-state index contributed by atoms with van der Waals surface area (Å²) in [6.07, 6.45) is 5.85. The van der Waals surface area contributed by atoms with Gasteiger partial charge in [0.25, 0.3) is 0 Å². The van der Waals surface area contributed by atoms with Crippen molar-refractivity contribution in [2.24, 2.45) is 0 Å². The van der Waals surface area contributed by atoms with Crippen LogP contribution in [-0.2, 0) is 0 Å². The Morgan fingerprint density at radius 2 is 1.86 bits per heavy atom. The average Bonchev–Trinajstić information content (AvgIpc) is 2.48. The van der Waals surface area contributed by atoms with Gasteiger partial charge in [0.1, 0.15) is 0 Å². The van der Waals surface area contributed by atoms with Gasteiger partial charge in [-0.15, -0.1) is 0 Å². The Kier molecular flexibility index (Phi) is 3.38. The van der Waals surface area contributed by atoms with Crippen molar-refractivity contribution in [1.82, 2.24) is 4.90 Å². The maximum atomic E-state index is 2.44. The summed E-state index contributed by atoms with van der Waals surface area (Å²) in [7, 11) is 3.21. The van der Waals surface area contributed by atoms with Crippen LogP contribution in [0.5, 0.6) is 0 Å². The van der Waals surface area contributed by atoms with E-state index in [1.54, 1.807) is 10.8 Å². The Hall–Kier alpha value is -0.343. The molecule has 14 heavy (non-hydrogen) atoms. The quantitative estimate of drug-likeness (QED) is 0.646. The van der Waals surface area contributed by atoms with Gasteiger partial charge in [0.05, 0.1) is 8.07 Å². The molecule has 0 saturated carbocycles. The van der Waals surface area contributed by atoms with Crippen LogP contribution < -0.4 is 0 Å². The van der Waals surface area contributed by atoms with Crippen molar-refractivity contribution in [3.8, 4) is 0 Å². The van der Waals surface area contributed by atoms with Gasteiger partial charge in [-0.25, -0.2) is 0 Å². The second kappa shape index (κ2) is 4.03. The topological polar surface area (TPSA) is 3.24 Å². The fraction of sp³-hybridized carbons (Fsp3) is 0.667. The molecular formula is C12H23NSi. The average molecular weight is 209 g/mol. The minimum atomic E-state index is -1.11. The molecule has 0 heterocycles. The summed E-state index contributed by atoms with van der Waals surface area (Å²) in [6, 6.07) is 0.565. The number of nitrogens with zero attached hydrogens (tertiary/aromatic N) is 1. The van der Waals surface area contributed by atoms with Crippen LogP contribution in [0.25, 0.3) is 0 Å². The van der Waals surface area contributed by atoms with E-state index in [9.17, 15) is 0 Å². The third kappa shape index (κ3) is 2.37. The molecule has 0 spiro atoms. The fourth-order valence-corrected chi connectivity index (χ4v) is 3.82. The molecule has 0 radical (unpaired) electrons. The number of hydrogen-bond acceptors (Lipinski definition) is 1. The Labute approximate surface area is 89.5 Å². The van der Waals surface area contributed by atoms with Gasteiger partial charge in [-0.3, -0.25) is 0 Å². The Balaban J connectivity index is 2.98. The summed E-state index contributed by atoms with van der Waals surface area (Å²) in [5.74, 6) is 0. The molecule has 0 bridgehead atoms. The lowest BCUT2D eigenvalue weighted by molar-refractivity contribution is 0.354. The third-order valence-electron chi connectivity index (χ3n) is 3.10. The van der Waals surface area contributed by atoms with Crippen molar-refractivity contribution in [3.05, 3.63) is 22.9 Å². The van der Waals surface area contributed by atoms with Gasteiger partial charge in [0.15, 0.2) is 0 Å². The zero-order valence-corrected chi connectivity index (χ0v) is 11.4. The molecule has 1 atom stereocenters. The van der Waals surface area contributed by atoms with Gasteiger partial charge in [-0.1, -0.05) is 37.0 Å². The van der Waals surface area contributed by atoms with Crippen molar-refractivity contribution < 1.29 is 0 Å². The minimum Gasteiger partial charge on any atom is -0.303 e. The molecule has 2 heteroatoms. The van der Waals surface area contributed by atoms with Crippen LogP contribution in [0.3, 0.4) is 0 Å². The maximum absolute atomic E-state index is 2.44.